The van der Waals surface area contributed by atoms with Crippen molar-refractivity contribution in [3.63, 3.8) is 0 Å². The molecule has 0 bridgehead atoms. The fourth-order valence-electron chi connectivity index (χ4n) is 2.25. The van der Waals surface area contributed by atoms with Crippen molar-refractivity contribution in [2.45, 2.75) is 32.6 Å². The van der Waals surface area contributed by atoms with Crippen LogP contribution < -0.4 is 10.1 Å². The number of ether oxygens (including phenoxy) is 1. The molecule has 0 saturated carbocycles. The van der Waals surface area contributed by atoms with E-state index in [4.69, 9.17) is 27.9 Å². The van der Waals surface area contributed by atoms with E-state index in [1.165, 1.54) is 5.56 Å². The molecule has 0 fully saturated rings. The standard InChI is InChI=1S/C20H23Cl2NO2S/c1-13-4-6-17(10-14(13)2)25-15(3)20(24)23-8-9-26-12-16-5-7-18(21)19(22)11-16/h4-7,10-11,15H,8-9,12H2,1-3H3,(H,23,24)/t15-/m1/s1. The summed E-state index contributed by atoms with van der Waals surface area (Å²) in [6, 6.07) is 11.5. The van der Waals surface area contributed by atoms with E-state index in [0.29, 0.717) is 22.3 Å². The highest BCUT2D eigenvalue weighted by Crippen LogP contribution is 2.24. The highest BCUT2D eigenvalue weighted by molar-refractivity contribution is 7.98. The molecule has 0 aliphatic rings. The van der Waals surface area contributed by atoms with Gasteiger partial charge in [0.25, 0.3) is 5.91 Å². The van der Waals surface area contributed by atoms with Crippen molar-refractivity contribution in [3.8, 4) is 5.75 Å². The molecule has 140 valence electrons. The van der Waals surface area contributed by atoms with Crippen LogP contribution in [0.25, 0.3) is 0 Å². The minimum absolute atomic E-state index is 0.113. The second-order valence-electron chi connectivity index (χ2n) is 6.10. The van der Waals surface area contributed by atoms with Crippen LogP contribution in [0, 0.1) is 13.8 Å². The number of halogens is 2. The molecule has 0 aliphatic heterocycles. The van der Waals surface area contributed by atoms with E-state index in [1.807, 2.05) is 44.2 Å². The summed E-state index contributed by atoms with van der Waals surface area (Å²) in [5.41, 5.74) is 3.46. The van der Waals surface area contributed by atoms with Gasteiger partial charge in [0, 0.05) is 18.1 Å². The third-order valence-corrected chi connectivity index (χ3v) is 5.73. The first-order valence-corrected chi connectivity index (χ1v) is 10.3. The molecule has 0 heterocycles. The monoisotopic (exact) mass is 411 g/mol. The van der Waals surface area contributed by atoms with E-state index in [-0.39, 0.29) is 5.91 Å². The van der Waals surface area contributed by atoms with Gasteiger partial charge in [0.15, 0.2) is 6.10 Å². The fourth-order valence-corrected chi connectivity index (χ4v) is 3.38. The summed E-state index contributed by atoms with van der Waals surface area (Å²) in [6.45, 7) is 6.42. The lowest BCUT2D eigenvalue weighted by Gasteiger charge is -2.15. The SMILES string of the molecule is Cc1ccc(O[C@H](C)C(=O)NCCSCc2ccc(Cl)c(Cl)c2)cc1C. The smallest absolute Gasteiger partial charge is 0.260 e. The Balaban J connectivity index is 1.69. The van der Waals surface area contributed by atoms with E-state index in [9.17, 15) is 4.79 Å². The predicted octanol–water partition coefficient (Wildman–Crippen LogP) is 5.43. The fraction of sp³-hybridized carbons (Fsp3) is 0.350. The molecule has 1 N–H and O–H groups in total. The molecular weight excluding hydrogens is 389 g/mol. The van der Waals surface area contributed by atoms with Gasteiger partial charge in [-0.25, -0.2) is 0 Å². The zero-order valence-electron chi connectivity index (χ0n) is 15.1. The van der Waals surface area contributed by atoms with Crippen LogP contribution in [0.5, 0.6) is 5.75 Å². The van der Waals surface area contributed by atoms with Crippen molar-refractivity contribution in [3.05, 3.63) is 63.1 Å². The van der Waals surface area contributed by atoms with Crippen molar-refractivity contribution >= 4 is 40.9 Å². The number of rotatable bonds is 8. The van der Waals surface area contributed by atoms with Gasteiger partial charge in [-0.05, 0) is 61.7 Å². The lowest BCUT2D eigenvalue weighted by atomic mass is 10.1. The van der Waals surface area contributed by atoms with Crippen molar-refractivity contribution in [1.82, 2.24) is 5.32 Å². The van der Waals surface area contributed by atoms with Crippen LogP contribution in [0.2, 0.25) is 10.0 Å². The van der Waals surface area contributed by atoms with E-state index in [0.717, 1.165) is 22.6 Å². The number of carbonyl (C=O) groups is 1. The van der Waals surface area contributed by atoms with Crippen LogP contribution in [0.15, 0.2) is 36.4 Å². The Morgan fingerprint density at radius 2 is 1.88 bits per heavy atom. The second kappa shape index (κ2) is 10.1. The van der Waals surface area contributed by atoms with Gasteiger partial charge in [0.05, 0.1) is 10.0 Å². The molecule has 0 saturated heterocycles. The molecule has 0 unspecified atom stereocenters. The molecule has 0 radical (unpaired) electrons. The van der Waals surface area contributed by atoms with Crippen molar-refractivity contribution in [2.24, 2.45) is 0 Å². The Morgan fingerprint density at radius 1 is 1.12 bits per heavy atom. The molecule has 0 aliphatic carbocycles. The highest BCUT2D eigenvalue weighted by Gasteiger charge is 2.14. The number of aryl methyl sites for hydroxylation is 2. The lowest BCUT2D eigenvalue weighted by molar-refractivity contribution is -0.127. The number of thioether (sulfide) groups is 1. The Morgan fingerprint density at radius 3 is 2.58 bits per heavy atom. The first-order chi connectivity index (χ1) is 12.4. The maximum Gasteiger partial charge on any atom is 0.260 e. The van der Waals surface area contributed by atoms with E-state index < -0.39 is 6.10 Å². The summed E-state index contributed by atoms with van der Waals surface area (Å²) < 4.78 is 5.72. The van der Waals surface area contributed by atoms with Gasteiger partial charge in [-0.3, -0.25) is 4.79 Å². The molecular formula is C20H23Cl2NO2S. The number of hydrogen-bond donors (Lipinski definition) is 1. The van der Waals surface area contributed by atoms with Gasteiger partial charge in [0.2, 0.25) is 0 Å². The Hall–Kier alpha value is -1.36. The summed E-state index contributed by atoms with van der Waals surface area (Å²) in [6.07, 6.45) is -0.530. The predicted molar refractivity (Wildman–Crippen MR) is 112 cm³/mol. The zero-order valence-corrected chi connectivity index (χ0v) is 17.5. The van der Waals surface area contributed by atoms with Crippen LogP contribution in [0.4, 0.5) is 0 Å². The topological polar surface area (TPSA) is 38.3 Å². The quantitative estimate of drug-likeness (QED) is 0.588. The van der Waals surface area contributed by atoms with Crippen molar-refractivity contribution < 1.29 is 9.53 Å². The molecule has 26 heavy (non-hydrogen) atoms. The molecule has 1 atom stereocenters. The average molecular weight is 412 g/mol. The largest absolute Gasteiger partial charge is 0.481 e. The molecule has 0 spiro atoms. The molecule has 3 nitrogen and oxygen atoms in total. The molecule has 1 amide bonds. The minimum Gasteiger partial charge on any atom is -0.481 e. The molecule has 2 aromatic rings. The van der Waals surface area contributed by atoms with Gasteiger partial charge < -0.3 is 10.1 Å². The average Bonchev–Trinajstić information content (AvgIpc) is 2.60. The molecule has 0 aromatic heterocycles. The van der Waals surface area contributed by atoms with Gasteiger partial charge in [-0.2, -0.15) is 11.8 Å². The van der Waals surface area contributed by atoms with Gasteiger partial charge >= 0.3 is 0 Å². The van der Waals surface area contributed by atoms with Crippen LogP contribution in [0.1, 0.15) is 23.6 Å². The van der Waals surface area contributed by atoms with Gasteiger partial charge in [-0.15, -0.1) is 0 Å². The highest BCUT2D eigenvalue weighted by atomic mass is 35.5. The number of benzene rings is 2. The van der Waals surface area contributed by atoms with E-state index >= 15 is 0 Å². The maximum absolute atomic E-state index is 12.1. The summed E-state index contributed by atoms with van der Waals surface area (Å²) in [4.78, 5) is 12.1. The van der Waals surface area contributed by atoms with Crippen molar-refractivity contribution in [1.29, 1.82) is 0 Å². The minimum atomic E-state index is -0.530. The summed E-state index contributed by atoms with van der Waals surface area (Å²) in [5.74, 6) is 2.23. The van der Waals surface area contributed by atoms with Crippen LogP contribution in [-0.2, 0) is 10.5 Å². The van der Waals surface area contributed by atoms with Crippen LogP contribution in [-0.4, -0.2) is 24.3 Å². The normalized spacial score (nSPS) is 11.9. The first kappa shape index (κ1) is 20.9. The molecule has 6 heteroatoms. The Kier molecular flexibility index (Phi) is 8.14. The van der Waals surface area contributed by atoms with E-state index in [1.54, 1.807) is 24.8 Å². The Labute approximate surface area is 169 Å². The first-order valence-electron chi connectivity index (χ1n) is 8.40. The lowest BCUT2D eigenvalue weighted by Crippen LogP contribution is -2.37. The van der Waals surface area contributed by atoms with Crippen LogP contribution >= 0.6 is 35.0 Å². The van der Waals surface area contributed by atoms with Crippen molar-refractivity contribution in [2.75, 3.05) is 12.3 Å². The third kappa shape index (κ3) is 6.42. The number of amides is 1. The summed E-state index contributed by atoms with van der Waals surface area (Å²) in [5, 5.41) is 4.03. The van der Waals surface area contributed by atoms with Gasteiger partial charge in [0.1, 0.15) is 5.75 Å². The maximum atomic E-state index is 12.1. The van der Waals surface area contributed by atoms with E-state index in [2.05, 4.69) is 5.32 Å². The number of carbonyl (C=O) groups excluding carboxylic acids is 1. The summed E-state index contributed by atoms with van der Waals surface area (Å²) >= 11 is 13.6. The molecule has 2 aromatic carbocycles. The third-order valence-electron chi connectivity index (χ3n) is 3.96. The van der Waals surface area contributed by atoms with Crippen LogP contribution in [0.3, 0.4) is 0 Å². The zero-order chi connectivity index (χ0) is 19.1. The summed E-state index contributed by atoms with van der Waals surface area (Å²) in [7, 11) is 0. The second-order valence-corrected chi connectivity index (χ2v) is 8.02. The van der Waals surface area contributed by atoms with Gasteiger partial charge in [-0.1, -0.05) is 35.3 Å². The Bertz CT molecular complexity index is 767. The number of hydrogen-bond acceptors (Lipinski definition) is 3. The number of nitrogens with one attached hydrogen (secondary N) is 1. The molecule has 2 rings (SSSR count).